The van der Waals surface area contributed by atoms with Crippen molar-refractivity contribution in [3.8, 4) is 0 Å². The van der Waals surface area contributed by atoms with Crippen LogP contribution in [0.2, 0.25) is 0 Å². The Bertz CT molecular complexity index is 507. The van der Waals surface area contributed by atoms with Crippen LogP contribution >= 0.6 is 0 Å². The van der Waals surface area contributed by atoms with Crippen molar-refractivity contribution in [1.82, 2.24) is 4.98 Å². The van der Waals surface area contributed by atoms with Gasteiger partial charge in [0.05, 0.1) is 11.0 Å². The number of hydrogen-bond donors (Lipinski definition) is 1. The number of nitro groups is 1. The average Bonchev–Trinajstić information content (AvgIpc) is 2.83. The predicted octanol–water partition coefficient (Wildman–Crippen LogP) is 0.668. The van der Waals surface area contributed by atoms with Crippen LogP contribution in [-0.2, 0) is 9.53 Å². The van der Waals surface area contributed by atoms with E-state index in [1.807, 2.05) is 0 Å². The van der Waals surface area contributed by atoms with E-state index in [1.165, 1.54) is 30.3 Å². The van der Waals surface area contributed by atoms with Gasteiger partial charge in [-0.05, 0) is 6.07 Å². The normalized spacial score (nSPS) is 22.5. The van der Waals surface area contributed by atoms with Gasteiger partial charge in [-0.1, -0.05) is 0 Å². The van der Waals surface area contributed by atoms with Gasteiger partial charge in [-0.2, -0.15) is 0 Å². The summed E-state index contributed by atoms with van der Waals surface area (Å²) in [5.74, 6) is -0.973. The minimum absolute atomic E-state index is 0.0689. The minimum atomic E-state index is -1.04. The molecule has 1 aliphatic rings. The Kier molecular flexibility index (Phi) is 3.61. The third kappa shape index (κ3) is 2.48. The molecule has 1 fully saturated rings. The lowest BCUT2D eigenvalue weighted by molar-refractivity contribution is -0.384. The van der Waals surface area contributed by atoms with Gasteiger partial charge < -0.3 is 14.7 Å². The lowest BCUT2D eigenvalue weighted by atomic mass is 10.2. The summed E-state index contributed by atoms with van der Waals surface area (Å²) in [6, 6.07) is 1.89. The quantitative estimate of drug-likeness (QED) is 0.631. The third-order valence-corrected chi connectivity index (χ3v) is 3.12. The number of aliphatic carboxylic acids is 1. The van der Waals surface area contributed by atoms with Crippen molar-refractivity contribution in [3.63, 3.8) is 0 Å². The van der Waals surface area contributed by atoms with Crippen LogP contribution in [0.5, 0.6) is 0 Å². The van der Waals surface area contributed by atoms with Crippen LogP contribution in [0.25, 0.3) is 0 Å². The Morgan fingerprint density at radius 3 is 3.00 bits per heavy atom. The van der Waals surface area contributed by atoms with Crippen LogP contribution in [0.3, 0.4) is 0 Å². The van der Waals surface area contributed by atoms with Gasteiger partial charge >= 0.3 is 11.7 Å². The van der Waals surface area contributed by atoms with E-state index in [2.05, 4.69) is 4.98 Å². The number of carboxylic acids is 1. The molecule has 8 heteroatoms. The van der Waals surface area contributed by atoms with Crippen molar-refractivity contribution in [3.05, 3.63) is 28.4 Å². The zero-order chi connectivity index (χ0) is 14.0. The maximum absolute atomic E-state index is 11.2. The second-order valence-electron chi connectivity index (χ2n) is 4.20. The van der Waals surface area contributed by atoms with Gasteiger partial charge in [0.15, 0.2) is 0 Å². The molecule has 2 heterocycles. The van der Waals surface area contributed by atoms with E-state index in [4.69, 9.17) is 4.74 Å². The van der Waals surface area contributed by atoms with E-state index in [0.29, 0.717) is 0 Å². The number of rotatable bonds is 4. The van der Waals surface area contributed by atoms with Crippen molar-refractivity contribution in [2.75, 3.05) is 18.6 Å². The van der Waals surface area contributed by atoms with Gasteiger partial charge in [0.1, 0.15) is 6.04 Å². The molecule has 2 unspecified atom stereocenters. The van der Waals surface area contributed by atoms with Gasteiger partial charge in [-0.25, -0.2) is 9.78 Å². The number of nitrogens with zero attached hydrogens (tertiary/aromatic N) is 3. The summed E-state index contributed by atoms with van der Waals surface area (Å²) in [6.07, 6.45) is 1.41. The van der Waals surface area contributed by atoms with Crippen LogP contribution in [-0.4, -0.2) is 46.8 Å². The summed E-state index contributed by atoms with van der Waals surface area (Å²) in [6.45, 7) is 0.269. The number of hydrogen-bond acceptors (Lipinski definition) is 6. The van der Waals surface area contributed by atoms with Crippen molar-refractivity contribution in [2.24, 2.45) is 0 Å². The highest BCUT2D eigenvalue weighted by atomic mass is 16.6. The monoisotopic (exact) mass is 267 g/mol. The Labute approximate surface area is 108 Å². The summed E-state index contributed by atoms with van der Waals surface area (Å²) in [7, 11) is 1.49. The third-order valence-electron chi connectivity index (χ3n) is 3.12. The molecule has 19 heavy (non-hydrogen) atoms. The maximum Gasteiger partial charge on any atom is 0.326 e. The molecule has 1 aliphatic heterocycles. The van der Waals surface area contributed by atoms with Gasteiger partial charge in [0.2, 0.25) is 5.82 Å². The van der Waals surface area contributed by atoms with Crippen LogP contribution in [0.4, 0.5) is 11.5 Å². The van der Waals surface area contributed by atoms with Gasteiger partial charge in [-0.3, -0.25) is 10.1 Å². The lowest BCUT2D eigenvalue weighted by Crippen LogP contribution is -2.36. The topological polar surface area (TPSA) is 106 Å². The number of ether oxygens (including phenoxy) is 1. The highest BCUT2D eigenvalue weighted by molar-refractivity contribution is 5.80. The first-order valence-electron chi connectivity index (χ1n) is 5.66. The molecule has 0 spiro atoms. The van der Waals surface area contributed by atoms with E-state index in [9.17, 15) is 20.0 Å². The summed E-state index contributed by atoms with van der Waals surface area (Å²) in [4.78, 5) is 27.0. The Hall–Kier alpha value is -2.22. The Morgan fingerprint density at radius 2 is 2.42 bits per heavy atom. The number of carboxylic acid groups (broad SMARTS) is 1. The van der Waals surface area contributed by atoms with Crippen molar-refractivity contribution in [2.45, 2.75) is 18.6 Å². The van der Waals surface area contributed by atoms with Crippen molar-refractivity contribution >= 4 is 17.5 Å². The number of anilines is 1. The van der Waals surface area contributed by atoms with Gasteiger partial charge in [0.25, 0.3) is 0 Å². The molecule has 102 valence electrons. The molecule has 0 aromatic carbocycles. The SMILES string of the molecule is COC1CC(C(=O)O)N(c2ncccc2[N+](=O)[O-])C1. The zero-order valence-corrected chi connectivity index (χ0v) is 10.2. The first-order chi connectivity index (χ1) is 9.04. The number of carbonyl (C=O) groups is 1. The number of aromatic nitrogens is 1. The molecule has 0 amide bonds. The lowest BCUT2D eigenvalue weighted by Gasteiger charge is -2.21. The molecule has 1 aromatic heterocycles. The molecular weight excluding hydrogens is 254 g/mol. The standard InChI is InChI=1S/C11H13N3O5/c1-19-7-5-9(11(15)16)13(6-7)10-8(14(17)18)3-2-4-12-10/h2-4,7,9H,5-6H2,1H3,(H,15,16). The molecule has 0 radical (unpaired) electrons. The van der Waals surface area contributed by atoms with E-state index in [-0.39, 0.29) is 30.6 Å². The van der Waals surface area contributed by atoms with Gasteiger partial charge in [0, 0.05) is 32.3 Å². The maximum atomic E-state index is 11.2. The fourth-order valence-corrected chi connectivity index (χ4v) is 2.19. The van der Waals surface area contributed by atoms with Crippen molar-refractivity contribution in [1.29, 1.82) is 0 Å². The highest BCUT2D eigenvalue weighted by Crippen LogP contribution is 2.32. The molecule has 8 nitrogen and oxygen atoms in total. The summed E-state index contributed by atoms with van der Waals surface area (Å²) < 4.78 is 5.14. The van der Waals surface area contributed by atoms with Crippen LogP contribution in [0.15, 0.2) is 18.3 Å². The molecule has 1 aromatic rings. The number of methoxy groups -OCH3 is 1. The largest absolute Gasteiger partial charge is 0.480 e. The molecule has 0 bridgehead atoms. The molecule has 2 rings (SSSR count). The van der Waals surface area contributed by atoms with Crippen LogP contribution in [0, 0.1) is 10.1 Å². The molecule has 1 N–H and O–H groups in total. The minimum Gasteiger partial charge on any atom is -0.480 e. The number of pyridine rings is 1. The van der Waals surface area contributed by atoms with E-state index >= 15 is 0 Å². The first kappa shape index (κ1) is 13.2. The average molecular weight is 267 g/mol. The Morgan fingerprint density at radius 1 is 1.68 bits per heavy atom. The van der Waals surface area contributed by atoms with Crippen LogP contribution in [0.1, 0.15) is 6.42 Å². The zero-order valence-electron chi connectivity index (χ0n) is 10.2. The van der Waals surface area contributed by atoms with Crippen molar-refractivity contribution < 1.29 is 19.6 Å². The fraction of sp³-hybridized carbons (Fsp3) is 0.455. The summed E-state index contributed by atoms with van der Waals surface area (Å²) in [5.41, 5.74) is -0.203. The summed E-state index contributed by atoms with van der Waals surface area (Å²) >= 11 is 0. The smallest absolute Gasteiger partial charge is 0.326 e. The Balaban J connectivity index is 2.39. The highest BCUT2D eigenvalue weighted by Gasteiger charge is 2.40. The second kappa shape index (κ2) is 5.19. The first-order valence-corrected chi connectivity index (χ1v) is 5.66. The molecule has 2 atom stereocenters. The van der Waals surface area contributed by atoms with E-state index in [1.54, 1.807) is 0 Å². The summed E-state index contributed by atoms with van der Waals surface area (Å²) in [5, 5.41) is 20.2. The van der Waals surface area contributed by atoms with Crippen LogP contribution < -0.4 is 4.90 Å². The fourth-order valence-electron chi connectivity index (χ4n) is 2.19. The predicted molar refractivity (Wildman–Crippen MR) is 65.1 cm³/mol. The van der Waals surface area contributed by atoms with E-state index in [0.717, 1.165) is 0 Å². The van der Waals surface area contributed by atoms with Gasteiger partial charge in [-0.15, -0.1) is 0 Å². The molecule has 1 saturated heterocycles. The molecule has 0 aliphatic carbocycles. The molecular formula is C11H13N3O5. The molecule has 0 saturated carbocycles. The van der Waals surface area contributed by atoms with E-state index < -0.39 is 16.9 Å². The second-order valence-corrected chi connectivity index (χ2v) is 4.20.